The highest BCUT2D eigenvalue weighted by atomic mass is 35.5. The Morgan fingerprint density at radius 3 is 2.45 bits per heavy atom. The van der Waals surface area contributed by atoms with Crippen molar-refractivity contribution in [2.45, 2.75) is 32.0 Å². The van der Waals surface area contributed by atoms with Gasteiger partial charge in [0, 0.05) is 23.2 Å². The second kappa shape index (κ2) is 10.3. The van der Waals surface area contributed by atoms with Gasteiger partial charge in [-0.3, -0.25) is 4.79 Å². The van der Waals surface area contributed by atoms with Gasteiger partial charge in [0.05, 0.1) is 11.6 Å². The van der Waals surface area contributed by atoms with Crippen LogP contribution in [0.25, 0.3) is 0 Å². The van der Waals surface area contributed by atoms with Crippen LogP contribution >= 0.6 is 22.9 Å². The molecule has 1 heterocycles. The van der Waals surface area contributed by atoms with Crippen molar-refractivity contribution in [2.24, 2.45) is 0 Å². The Hall–Kier alpha value is -2.97. The zero-order chi connectivity index (χ0) is 23.4. The molecule has 1 saturated carbocycles. The Labute approximate surface area is 199 Å². The predicted molar refractivity (Wildman–Crippen MR) is 125 cm³/mol. The topological polar surface area (TPSA) is 52.7 Å². The molecule has 1 fully saturated rings. The summed E-state index contributed by atoms with van der Waals surface area (Å²) in [7, 11) is 0. The number of hydrogen-bond acceptors (Lipinski definition) is 3. The van der Waals surface area contributed by atoms with Gasteiger partial charge in [0.2, 0.25) is 5.91 Å². The normalized spacial score (nSPS) is 12.9. The van der Waals surface area contributed by atoms with Gasteiger partial charge in [0.25, 0.3) is 0 Å². The molecule has 1 aromatic heterocycles. The number of carbonyl (C=O) groups excluding carboxylic acids is 2. The van der Waals surface area contributed by atoms with Crippen molar-refractivity contribution in [2.75, 3.05) is 11.9 Å². The number of nitrogens with one attached hydrogen (secondary N) is 1. The van der Waals surface area contributed by atoms with Crippen molar-refractivity contribution in [3.63, 3.8) is 0 Å². The van der Waals surface area contributed by atoms with Crippen molar-refractivity contribution in [1.82, 2.24) is 9.80 Å². The number of rotatable bonds is 8. The number of carbonyl (C=O) groups is 2. The summed E-state index contributed by atoms with van der Waals surface area (Å²) in [6, 6.07) is 13.3. The van der Waals surface area contributed by atoms with E-state index >= 15 is 0 Å². The van der Waals surface area contributed by atoms with Crippen LogP contribution in [0.2, 0.25) is 5.02 Å². The fourth-order valence-corrected chi connectivity index (χ4v) is 4.30. The summed E-state index contributed by atoms with van der Waals surface area (Å²) < 4.78 is 26.7. The lowest BCUT2D eigenvalue weighted by molar-refractivity contribution is -0.133. The predicted octanol–water partition coefficient (Wildman–Crippen LogP) is 5.91. The summed E-state index contributed by atoms with van der Waals surface area (Å²) in [5, 5.41) is 4.55. The number of urea groups is 1. The molecule has 0 spiro atoms. The zero-order valence-electron chi connectivity index (χ0n) is 17.6. The maximum atomic E-state index is 13.4. The van der Waals surface area contributed by atoms with Crippen LogP contribution < -0.4 is 5.32 Å². The molecule has 4 rings (SSSR count). The highest BCUT2D eigenvalue weighted by Gasteiger charge is 2.35. The van der Waals surface area contributed by atoms with E-state index in [0.717, 1.165) is 23.3 Å². The molecular formula is C24H22ClF2N3O2S. The van der Waals surface area contributed by atoms with Crippen LogP contribution in [0.5, 0.6) is 0 Å². The van der Waals surface area contributed by atoms with E-state index in [9.17, 15) is 18.4 Å². The Morgan fingerprint density at radius 2 is 1.82 bits per heavy atom. The molecule has 1 aliphatic rings. The molecular weight excluding hydrogens is 468 g/mol. The molecule has 0 saturated heterocycles. The van der Waals surface area contributed by atoms with Crippen LogP contribution in [0.1, 0.15) is 23.3 Å². The van der Waals surface area contributed by atoms with E-state index in [1.807, 2.05) is 17.5 Å². The number of anilines is 1. The van der Waals surface area contributed by atoms with E-state index in [0.29, 0.717) is 18.8 Å². The van der Waals surface area contributed by atoms with E-state index in [2.05, 4.69) is 5.32 Å². The molecule has 5 nitrogen and oxygen atoms in total. The number of thiophene rings is 1. The lowest BCUT2D eigenvalue weighted by Gasteiger charge is -2.28. The Bertz CT molecular complexity index is 1120. The molecule has 2 aromatic carbocycles. The molecule has 33 heavy (non-hydrogen) atoms. The van der Waals surface area contributed by atoms with Crippen molar-refractivity contribution >= 4 is 40.6 Å². The molecule has 0 aliphatic heterocycles. The summed E-state index contributed by atoms with van der Waals surface area (Å²) >= 11 is 7.35. The molecule has 1 aliphatic carbocycles. The van der Waals surface area contributed by atoms with Gasteiger partial charge < -0.3 is 15.1 Å². The standard InChI is InChI=1S/C24H22ClF2N3O2S/c25-21-12-18(7-10-22(21)27)28-24(32)30(19-8-9-19)15-23(31)29(14-20-2-1-11-33-20)13-16-3-5-17(26)6-4-16/h1-7,10-12,19H,8-9,13-15H2,(H,28,32). The molecule has 9 heteroatoms. The van der Waals surface area contributed by atoms with Gasteiger partial charge in [0.1, 0.15) is 18.2 Å². The first-order valence-corrected chi connectivity index (χ1v) is 11.7. The number of halogens is 3. The second-order valence-electron chi connectivity index (χ2n) is 7.87. The maximum absolute atomic E-state index is 13.4. The number of hydrogen-bond donors (Lipinski definition) is 1. The lowest BCUT2D eigenvalue weighted by Crippen LogP contribution is -2.45. The van der Waals surface area contributed by atoms with Crippen LogP contribution in [-0.4, -0.2) is 34.3 Å². The van der Waals surface area contributed by atoms with E-state index in [1.54, 1.807) is 17.0 Å². The number of nitrogens with zero attached hydrogens (tertiary/aromatic N) is 2. The van der Waals surface area contributed by atoms with Crippen LogP contribution in [0.3, 0.4) is 0 Å². The lowest BCUT2D eigenvalue weighted by atomic mass is 10.2. The van der Waals surface area contributed by atoms with Gasteiger partial charge >= 0.3 is 6.03 Å². The highest BCUT2D eigenvalue weighted by molar-refractivity contribution is 7.09. The van der Waals surface area contributed by atoms with Crippen molar-refractivity contribution in [3.05, 3.63) is 87.1 Å². The molecule has 0 unspecified atom stereocenters. The van der Waals surface area contributed by atoms with Gasteiger partial charge in [0.15, 0.2) is 0 Å². The van der Waals surface area contributed by atoms with E-state index in [4.69, 9.17) is 11.6 Å². The molecule has 0 bridgehead atoms. The Balaban J connectivity index is 1.48. The fourth-order valence-electron chi connectivity index (χ4n) is 3.40. The van der Waals surface area contributed by atoms with Crippen LogP contribution in [-0.2, 0) is 17.9 Å². The molecule has 3 amide bonds. The third-order valence-corrected chi connectivity index (χ3v) is 6.44. The summed E-state index contributed by atoms with van der Waals surface area (Å²) in [5.74, 6) is -1.13. The number of benzene rings is 2. The number of amides is 3. The minimum Gasteiger partial charge on any atom is -0.332 e. The molecule has 3 aromatic rings. The van der Waals surface area contributed by atoms with Gasteiger partial charge in [-0.25, -0.2) is 13.6 Å². The third-order valence-electron chi connectivity index (χ3n) is 5.29. The summed E-state index contributed by atoms with van der Waals surface area (Å²) in [5.41, 5.74) is 1.15. The summed E-state index contributed by atoms with van der Waals surface area (Å²) in [6.45, 7) is 0.588. The second-order valence-corrected chi connectivity index (χ2v) is 9.31. The van der Waals surface area contributed by atoms with Crippen LogP contribution in [0.15, 0.2) is 60.0 Å². The minimum absolute atomic E-state index is 0.0284. The van der Waals surface area contributed by atoms with Gasteiger partial charge in [-0.1, -0.05) is 29.8 Å². The fraction of sp³-hybridized carbons (Fsp3) is 0.250. The zero-order valence-corrected chi connectivity index (χ0v) is 19.2. The Morgan fingerprint density at radius 1 is 1.06 bits per heavy atom. The van der Waals surface area contributed by atoms with E-state index in [1.165, 1.54) is 46.6 Å². The quantitative estimate of drug-likeness (QED) is 0.428. The Kier molecular flexibility index (Phi) is 7.25. The average Bonchev–Trinajstić information content (AvgIpc) is 3.50. The average molecular weight is 490 g/mol. The van der Waals surface area contributed by atoms with Gasteiger partial charge in [-0.05, 0) is 60.2 Å². The monoisotopic (exact) mass is 489 g/mol. The molecule has 0 radical (unpaired) electrons. The summed E-state index contributed by atoms with van der Waals surface area (Å²) in [4.78, 5) is 30.4. The summed E-state index contributed by atoms with van der Waals surface area (Å²) in [6.07, 6.45) is 1.63. The smallest absolute Gasteiger partial charge is 0.322 e. The SMILES string of the molecule is O=C(CN(C(=O)Nc1ccc(F)c(Cl)c1)C1CC1)N(Cc1ccc(F)cc1)Cc1cccs1. The van der Waals surface area contributed by atoms with E-state index < -0.39 is 11.8 Å². The van der Waals surface area contributed by atoms with Gasteiger partial charge in [-0.2, -0.15) is 0 Å². The van der Waals surface area contributed by atoms with E-state index in [-0.39, 0.29) is 29.3 Å². The molecule has 0 atom stereocenters. The first kappa shape index (κ1) is 23.2. The first-order valence-electron chi connectivity index (χ1n) is 10.5. The first-order chi connectivity index (χ1) is 15.9. The minimum atomic E-state index is -0.575. The van der Waals surface area contributed by atoms with Crippen molar-refractivity contribution in [1.29, 1.82) is 0 Å². The third kappa shape index (κ3) is 6.30. The molecule has 172 valence electrons. The molecule has 1 N–H and O–H groups in total. The van der Waals surface area contributed by atoms with Crippen molar-refractivity contribution < 1.29 is 18.4 Å². The van der Waals surface area contributed by atoms with Crippen LogP contribution in [0, 0.1) is 11.6 Å². The largest absolute Gasteiger partial charge is 0.332 e. The van der Waals surface area contributed by atoms with Crippen LogP contribution in [0.4, 0.5) is 19.3 Å². The van der Waals surface area contributed by atoms with Gasteiger partial charge in [-0.15, -0.1) is 11.3 Å². The van der Waals surface area contributed by atoms with Crippen molar-refractivity contribution in [3.8, 4) is 0 Å². The maximum Gasteiger partial charge on any atom is 0.322 e. The highest BCUT2D eigenvalue weighted by Crippen LogP contribution is 2.28.